The van der Waals surface area contributed by atoms with Crippen LogP contribution < -0.4 is 4.90 Å². The van der Waals surface area contributed by atoms with Gasteiger partial charge in [0.15, 0.2) is 0 Å². The topological polar surface area (TPSA) is 72.1 Å². The largest absolute Gasteiger partial charge is 0.417 e. The number of carbonyl (C=O) groups excluding carboxylic acids is 1. The van der Waals surface area contributed by atoms with Crippen molar-refractivity contribution in [3.63, 3.8) is 0 Å². The summed E-state index contributed by atoms with van der Waals surface area (Å²) in [6.07, 6.45) is -0.429. The molecule has 0 N–H and O–H groups in total. The van der Waals surface area contributed by atoms with Crippen LogP contribution in [0, 0.1) is 10.8 Å². The number of pyridine rings is 1. The maximum atomic E-state index is 14.3. The minimum atomic E-state index is -4.44. The van der Waals surface area contributed by atoms with Crippen molar-refractivity contribution in [2.75, 3.05) is 11.4 Å². The third-order valence-electron chi connectivity index (χ3n) is 10.5. The van der Waals surface area contributed by atoms with E-state index in [1.165, 1.54) is 6.07 Å². The lowest BCUT2D eigenvalue weighted by Crippen LogP contribution is -2.65. The Morgan fingerprint density at radius 1 is 0.977 bits per heavy atom. The van der Waals surface area contributed by atoms with E-state index >= 15 is 0 Å². The molecule has 6 aliphatic carbocycles. The van der Waals surface area contributed by atoms with E-state index in [0.717, 1.165) is 50.8 Å². The van der Waals surface area contributed by atoms with Gasteiger partial charge in [0.05, 0.1) is 5.56 Å². The number of nitrogens with zero attached hydrogens (tertiary/aromatic N) is 4. The smallest absolute Gasteiger partial charge is 0.333 e. The molecule has 9 rings (SSSR count). The summed E-state index contributed by atoms with van der Waals surface area (Å²) in [5.74, 6) is -0.904. The van der Waals surface area contributed by atoms with Gasteiger partial charge in [-0.15, -0.1) is 0 Å². The van der Waals surface area contributed by atoms with Crippen LogP contribution in [0.3, 0.4) is 0 Å². The molecule has 2 aromatic heterocycles. The zero-order chi connectivity index (χ0) is 30.3. The van der Waals surface area contributed by atoms with Crippen molar-refractivity contribution >= 4 is 11.6 Å². The molecule has 0 radical (unpaired) electrons. The van der Waals surface area contributed by atoms with Gasteiger partial charge in [0.2, 0.25) is 11.7 Å². The summed E-state index contributed by atoms with van der Waals surface area (Å²) in [4.78, 5) is 23.7. The number of anilines is 1. The lowest BCUT2D eigenvalue weighted by Gasteiger charge is -2.66. The van der Waals surface area contributed by atoms with Crippen molar-refractivity contribution in [2.45, 2.75) is 87.9 Å². The van der Waals surface area contributed by atoms with Gasteiger partial charge in [-0.1, -0.05) is 17.3 Å². The van der Waals surface area contributed by atoms with Crippen LogP contribution in [0.4, 0.5) is 32.0 Å². The fraction of sp³-hybridized carbons (Fsp3) is 0.548. The van der Waals surface area contributed by atoms with E-state index in [-0.39, 0.29) is 34.4 Å². The number of benzene rings is 1. The lowest BCUT2D eigenvalue weighted by molar-refractivity contribution is -0.215. The summed E-state index contributed by atoms with van der Waals surface area (Å²) in [5, 5.41) is 3.68. The van der Waals surface area contributed by atoms with E-state index in [0.29, 0.717) is 42.8 Å². The standard InChI is InChI=1S/C31H30F6N4O2/c32-24(33)26-39-25(40-43-26)19-2-1-3-21(12-19)41(23(42)13-28-15-30(34,16-28)17-28)18-27-6-9-29(10-7-27,11-8-27)22-5-4-20(14-38-22)31(35,36)37/h1-5,12,14,24H,6-11,13,15-18H2. The SMILES string of the molecule is O=C(CC12CC(F)(C1)C2)N(CC12CCC(c3ccc(C(F)(F)F)cn3)(CC1)CC2)c1cccc(-c2noc(C(F)F)n2)c1. The van der Waals surface area contributed by atoms with Crippen molar-refractivity contribution in [2.24, 2.45) is 10.8 Å². The number of fused-ring (bicyclic) bond motifs is 3. The second-order valence-electron chi connectivity index (χ2n) is 13.4. The summed E-state index contributed by atoms with van der Waals surface area (Å²) in [7, 11) is 0. The molecule has 4 bridgehead atoms. The summed E-state index contributed by atoms with van der Waals surface area (Å²) in [6.45, 7) is 0.428. The van der Waals surface area contributed by atoms with Crippen LogP contribution in [0.1, 0.15) is 87.8 Å². The van der Waals surface area contributed by atoms with Crippen LogP contribution in [-0.4, -0.2) is 33.2 Å². The highest BCUT2D eigenvalue weighted by molar-refractivity contribution is 5.94. The van der Waals surface area contributed by atoms with Crippen LogP contribution >= 0.6 is 0 Å². The van der Waals surface area contributed by atoms with Crippen molar-refractivity contribution < 1.29 is 35.7 Å². The van der Waals surface area contributed by atoms with Crippen LogP contribution in [0.15, 0.2) is 47.1 Å². The minimum Gasteiger partial charge on any atom is -0.333 e. The monoisotopic (exact) mass is 604 g/mol. The highest BCUT2D eigenvalue weighted by Crippen LogP contribution is 2.71. The third kappa shape index (κ3) is 4.90. The van der Waals surface area contributed by atoms with Gasteiger partial charge in [-0.3, -0.25) is 9.78 Å². The first-order valence-corrected chi connectivity index (χ1v) is 14.6. The first-order valence-electron chi connectivity index (χ1n) is 14.6. The van der Waals surface area contributed by atoms with E-state index in [9.17, 15) is 31.1 Å². The maximum Gasteiger partial charge on any atom is 0.417 e. The number of hydrogen-bond acceptors (Lipinski definition) is 5. The Hall–Kier alpha value is -3.44. The van der Waals surface area contributed by atoms with Crippen molar-refractivity contribution in [1.82, 2.24) is 15.1 Å². The molecule has 0 spiro atoms. The van der Waals surface area contributed by atoms with Crippen LogP contribution in [0.5, 0.6) is 0 Å². The molecule has 2 heterocycles. The highest BCUT2D eigenvalue weighted by atomic mass is 19.4. The molecule has 0 atom stereocenters. The van der Waals surface area contributed by atoms with Gasteiger partial charge >= 0.3 is 12.6 Å². The Labute approximate surface area is 243 Å². The lowest BCUT2D eigenvalue weighted by atomic mass is 9.41. The Balaban J connectivity index is 1.13. The van der Waals surface area contributed by atoms with Gasteiger partial charge < -0.3 is 9.42 Å². The zero-order valence-corrected chi connectivity index (χ0v) is 23.3. The molecule has 3 aromatic rings. The van der Waals surface area contributed by atoms with Crippen LogP contribution in [0.25, 0.3) is 11.4 Å². The second kappa shape index (κ2) is 9.53. The number of halogens is 6. The Morgan fingerprint density at radius 2 is 1.67 bits per heavy atom. The van der Waals surface area contributed by atoms with Crippen LogP contribution in [0.2, 0.25) is 0 Å². The summed E-state index contributed by atoms with van der Waals surface area (Å²) in [6, 6.07) is 9.44. The average molecular weight is 605 g/mol. The molecule has 6 fully saturated rings. The molecule has 6 nitrogen and oxygen atoms in total. The van der Waals surface area contributed by atoms with Crippen LogP contribution in [-0.2, 0) is 16.4 Å². The molecule has 1 aromatic carbocycles. The molecule has 1 amide bonds. The number of amides is 1. The van der Waals surface area contributed by atoms with E-state index in [1.54, 1.807) is 29.2 Å². The van der Waals surface area contributed by atoms with E-state index < -0.39 is 29.7 Å². The minimum absolute atomic E-state index is 0.00865. The Morgan fingerprint density at radius 3 is 2.23 bits per heavy atom. The van der Waals surface area contributed by atoms with Crippen molar-refractivity contribution in [3.05, 3.63) is 59.7 Å². The van der Waals surface area contributed by atoms with Gasteiger partial charge in [-0.05, 0) is 92.9 Å². The predicted octanol–water partition coefficient (Wildman–Crippen LogP) is 8.00. The molecular weight excluding hydrogens is 574 g/mol. The zero-order valence-electron chi connectivity index (χ0n) is 23.3. The fourth-order valence-corrected chi connectivity index (χ4v) is 8.14. The second-order valence-corrected chi connectivity index (χ2v) is 13.4. The molecule has 6 aliphatic rings. The van der Waals surface area contributed by atoms with Gasteiger partial charge in [0, 0.05) is 41.5 Å². The molecular formula is C31H30F6N4O2. The highest BCUT2D eigenvalue weighted by Gasteiger charge is 2.69. The van der Waals surface area contributed by atoms with Gasteiger partial charge in [0.1, 0.15) is 5.67 Å². The van der Waals surface area contributed by atoms with Gasteiger partial charge in [0.25, 0.3) is 5.89 Å². The summed E-state index contributed by atoms with van der Waals surface area (Å²) in [5.41, 5.74) is -1.00. The van der Waals surface area contributed by atoms with Gasteiger partial charge in [-0.25, -0.2) is 4.39 Å². The summed E-state index contributed by atoms with van der Waals surface area (Å²) < 4.78 is 84.4. The number of alkyl halides is 6. The molecule has 6 saturated carbocycles. The normalized spacial score (nSPS) is 31.0. The fourth-order valence-electron chi connectivity index (χ4n) is 8.14. The maximum absolute atomic E-state index is 14.3. The first-order chi connectivity index (χ1) is 20.3. The molecule has 0 unspecified atom stereocenters. The number of rotatable bonds is 8. The number of hydrogen-bond donors (Lipinski definition) is 0. The quantitative estimate of drug-likeness (QED) is 0.244. The third-order valence-corrected chi connectivity index (χ3v) is 10.5. The molecule has 228 valence electrons. The summed E-state index contributed by atoms with van der Waals surface area (Å²) >= 11 is 0. The molecule has 43 heavy (non-hydrogen) atoms. The molecule has 12 heteroatoms. The van der Waals surface area contributed by atoms with Crippen molar-refractivity contribution in [3.8, 4) is 11.4 Å². The van der Waals surface area contributed by atoms with Crippen molar-refractivity contribution in [1.29, 1.82) is 0 Å². The number of carbonyl (C=O) groups is 1. The predicted molar refractivity (Wildman–Crippen MR) is 143 cm³/mol. The Kier molecular flexibility index (Phi) is 6.28. The van der Waals surface area contributed by atoms with E-state index in [4.69, 9.17) is 0 Å². The van der Waals surface area contributed by atoms with E-state index in [2.05, 4.69) is 19.6 Å². The molecule has 0 aliphatic heterocycles. The number of aromatic nitrogens is 3. The van der Waals surface area contributed by atoms with Gasteiger partial charge in [-0.2, -0.15) is 26.9 Å². The Bertz CT molecular complexity index is 1510. The van der Waals surface area contributed by atoms with E-state index in [1.807, 2.05) is 0 Å². The first kappa shape index (κ1) is 28.3. The molecule has 0 saturated heterocycles. The average Bonchev–Trinajstić information content (AvgIpc) is 3.46.